The van der Waals surface area contributed by atoms with Crippen molar-refractivity contribution in [1.29, 1.82) is 5.26 Å². The maximum absolute atomic E-state index is 12.8. The van der Waals surface area contributed by atoms with Crippen molar-refractivity contribution in [2.45, 2.75) is 12.8 Å². The molecule has 1 fully saturated rings. The second kappa shape index (κ2) is 2.49. The van der Waals surface area contributed by atoms with Gasteiger partial charge < -0.3 is 0 Å². The Morgan fingerprint density at radius 3 is 2.77 bits per heavy atom. The molecule has 2 aliphatic rings. The van der Waals surface area contributed by atoms with E-state index in [0.29, 0.717) is 10.3 Å². The molecule has 0 bridgehead atoms. The summed E-state index contributed by atoms with van der Waals surface area (Å²) in [7, 11) is 0. The summed E-state index contributed by atoms with van der Waals surface area (Å²) in [6.45, 7) is 0.126. The number of nitriles is 1. The van der Waals surface area contributed by atoms with Crippen molar-refractivity contribution in [1.82, 2.24) is 0 Å². The van der Waals surface area contributed by atoms with Gasteiger partial charge in [-0.15, -0.1) is 0 Å². The Hall–Kier alpha value is -1.50. The summed E-state index contributed by atoms with van der Waals surface area (Å²) in [6.07, 6.45) is 3.70. The molecule has 0 saturated heterocycles. The first-order valence-electron chi connectivity index (χ1n) is 4.10. The van der Waals surface area contributed by atoms with Gasteiger partial charge in [0, 0.05) is 15.2 Å². The van der Waals surface area contributed by atoms with E-state index in [1.807, 2.05) is 0 Å². The van der Waals surface area contributed by atoms with Crippen LogP contribution in [0.3, 0.4) is 0 Å². The number of nitroso groups, excluding NO2 is 1. The fourth-order valence-electron chi connectivity index (χ4n) is 1.52. The van der Waals surface area contributed by atoms with Gasteiger partial charge in [0.05, 0.1) is 11.5 Å². The SMILES string of the molecule is N#CC1(C2=CC(F)=C[N+](=O)C2)CC1. The maximum atomic E-state index is 12.8. The van der Waals surface area contributed by atoms with E-state index in [9.17, 15) is 9.30 Å². The van der Waals surface area contributed by atoms with Crippen LogP contribution in [-0.4, -0.2) is 11.3 Å². The number of nitrogens with zero attached hydrogens (tertiary/aromatic N) is 2. The predicted octanol–water partition coefficient (Wildman–Crippen LogP) is 1.82. The Kier molecular flexibility index (Phi) is 1.56. The van der Waals surface area contributed by atoms with Crippen LogP contribution in [0.4, 0.5) is 4.39 Å². The molecule has 0 unspecified atom stereocenters. The maximum Gasteiger partial charge on any atom is 0.256 e. The molecular formula is C9H8FN2O+. The molecule has 3 nitrogen and oxygen atoms in total. The van der Waals surface area contributed by atoms with Gasteiger partial charge in [-0.3, -0.25) is 0 Å². The third kappa shape index (κ3) is 1.26. The van der Waals surface area contributed by atoms with E-state index in [1.54, 1.807) is 0 Å². The molecule has 1 aliphatic heterocycles. The zero-order valence-electron chi connectivity index (χ0n) is 6.96. The number of hydrogen-bond donors (Lipinski definition) is 0. The van der Waals surface area contributed by atoms with Crippen molar-refractivity contribution < 1.29 is 9.15 Å². The molecule has 0 spiro atoms. The van der Waals surface area contributed by atoms with Gasteiger partial charge in [0.25, 0.3) is 6.20 Å². The van der Waals surface area contributed by atoms with Gasteiger partial charge in [-0.25, -0.2) is 4.39 Å². The van der Waals surface area contributed by atoms with Gasteiger partial charge in [-0.1, -0.05) is 0 Å². The van der Waals surface area contributed by atoms with Gasteiger partial charge in [0.2, 0.25) is 6.54 Å². The molecule has 0 radical (unpaired) electrons. The van der Waals surface area contributed by atoms with Gasteiger partial charge in [-0.05, 0) is 18.9 Å². The summed E-state index contributed by atoms with van der Waals surface area (Å²) >= 11 is 0. The number of rotatable bonds is 1. The van der Waals surface area contributed by atoms with Crippen LogP contribution < -0.4 is 0 Å². The molecule has 66 valence electrons. The van der Waals surface area contributed by atoms with Crippen molar-refractivity contribution >= 4 is 0 Å². The average molecular weight is 179 g/mol. The van der Waals surface area contributed by atoms with Crippen LogP contribution in [0.15, 0.2) is 23.7 Å². The highest BCUT2D eigenvalue weighted by Gasteiger charge is 2.49. The summed E-state index contributed by atoms with van der Waals surface area (Å²) in [5.41, 5.74) is 0.0823. The summed E-state index contributed by atoms with van der Waals surface area (Å²) < 4.78 is 13.3. The van der Waals surface area contributed by atoms with E-state index < -0.39 is 11.2 Å². The van der Waals surface area contributed by atoms with E-state index in [1.165, 1.54) is 6.08 Å². The summed E-state index contributed by atoms with van der Waals surface area (Å²) in [5, 5.41) is 8.83. The average Bonchev–Trinajstić information content (AvgIpc) is 2.82. The fraction of sp³-hybridized carbons (Fsp3) is 0.444. The first-order valence-corrected chi connectivity index (χ1v) is 4.10. The zero-order valence-corrected chi connectivity index (χ0v) is 6.96. The van der Waals surface area contributed by atoms with E-state index in [0.717, 1.165) is 19.0 Å². The molecule has 0 aromatic rings. The lowest BCUT2D eigenvalue weighted by atomic mass is 9.95. The lowest BCUT2D eigenvalue weighted by Gasteiger charge is -2.08. The minimum atomic E-state index is -0.558. The Morgan fingerprint density at radius 1 is 1.62 bits per heavy atom. The molecule has 0 atom stereocenters. The number of halogens is 1. The number of hydrogen-bond acceptors (Lipinski definition) is 2. The molecule has 0 aromatic heterocycles. The lowest BCUT2D eigenvalue weighted by molar-refractivity contribution is -0.474. The molecule has 0 amide bonds. The van der Waals surface area contributed by atoms with Crippen molar-refractivity contribution in [3.8, 4) is 6.07 Å². The van der Waals surface area contributed by atoms with Crippen molar-refractivity contribution in [2.24, 2.45) is 5.41 Å². The van der Waals surface area contributed by atoms with Crippen molar-refractivity contribution in [3.63, 3.8) is 0 Å². The molecular weight excluding hydrogens is 171 g/mol. The molecule has 1 saturated carbocycles. The summed E-state index contributed by atoms with van der Waals surface area (Å²) in [5.74, 6) is -0.558. The van der Waals surface area contributed by atoms with Crippen LogP contribution in [0, 0.1) is 21.7 Å². The highest BCUT2D eigenvalue weighted by molar-refractivity contribution is 5.36. The monoisotopic (exact) mass is 179 g/mol. The third-order valence-electron chi connectivity index (χ3n) is 2.48. The minimum absolute atomic E-state index is 0.126. The Labute approximate surface area is 74.7 Å². The van der Waals surface area contributed by atoms with Crippen molar-refractivity contribution in [3.05, 3.63) is 28.6 Å². The van der Waals surface area contributed by atoms with E-state index >= 15 is 0 Å². The highest BCUT2D eigenvalue weighted by Crippen LogP contribution is 2.52. The first-order chi connectivity index (χ1) is 6.16. The Balaban J connectivity index is 2.32. The van der Waals surface area contributed by atoms with Crippen LogP contribution in [-0.2, 0) is 0 Å². The van der Waals surface area contributed by atoms with Gasteiger partial charge in [-0.2, -0.15) is 5.26 Å². The van der Waals surface area contributed by atoms with E-state index in [-0.39, 0.29) is 6.54 Å². The summed E-state index contributed by atoms with van der Waals surface area (Å²) in [4.78, 5) is 10.9. The molecule has 1 aliphatic carbocycles. The van der Waals surface area contributed by atoms with Crippen LogP contribution in [0.5, 0.6) is 0 Å². The Bertz CT molecular complexity index is 372. The smallest absolute Gasteiger partial charge is 0.200 e. The molecule has 13 heavy (non-hydrogen) atoms. The molecule has 1 heterocycles. The molecule has 0 N–H and O–H groups in total. The largest absolute Gasteiger partial charge is 0.256 e. The van der Waals surface area contributed by atoms with E-state index in [4.69, 9.17) is 5.26 Å². The first kappa shape index (κ1) is 8.11. The van der Waals surface area contributed by atoms with Crippen LogP contribution in [0.2, 0.25) is 0 Å². The van der Waals surface area contributed by atoms with Gasteiger partial charge in [0.1, 0.15) is 0 Å². The van der Waals surface area contributed by atoms with Crippen molar-refractivity contribution in [2.75, 3.05) is 6.54 Å². The quantitative estimate of drug-likeness (QED) is 0.576. The van der Waals surface area contributed by atoms with Gasteiger partial charge in [0.15, 0.2) is 5.83 Å². The van der Waals surface area contributed by atoms with Crippen LogP contribution in [0.1, 0.15) is 12.8 Å². The normalized spacial score (nSPS) is 24.5. The Morgan fingerprint density at radius 2 is 2.31 bits per heavy atom. The van der Waals surface area contributed by atoms with Crippen LogP contribution in [0.25, 0.3) is 0 Å². The topological polar surface area (TPSA) is 43.9 Å². The standard InChI is InChI=1S/C9H8FN2O/c10-8-3-7(4-12(13)5-8)9(6-11)1-2-9/h3,5H,1-2,4H2/q+1. The third-order valence-corrected chi connectivity index (χ3v) is 2.48. The van der Waals surface area contributed by atoms with E-state index in [2.05, 4.69) is 6.07 Å². The molecule has 4 heteroatoms. The van der Waals surface area contributed by atoms with Crippen LogP contribution >= 0.6 is 0 Å². The van der Waals surface area contributed by atoms with Gasteiger partial charge >= 0.3 is 0 Å². The lowest BCUT2D eigenvalue weighted by Crippen LogP contribution is -2.16. The second-order valence-corrected chi connectivity index (χ2v) is 3.45. The number of allylic oxidation sites excluding steroid dienone is 2. The zero-order chi connectivity index (χ0) is 9.47. The minimum Gasteiger partial charge on any atom is -0.200 e. The highest BCUT2D eigenvalue weighted by atomic mass is 19.1. The summed E-state index contributed by atoms with van der Waals surface area (Å²) in [6, 6.07) is 2.14. The fourth-order valence-corrected chi connectivity index (χ4v) is 1.52. The predicted molar refractivity (Wildman–Crippen MR) is 43.0 cm³/mol. The second-order valence-electron chi connectivity index (χ2n) is 3.45. The molecule has 2 rings (SSSR count). The molecule has 0 aromatic carbocycles.